The quantitative estimate of drug-likeness (QED) is 0.371. The molecule has 1 amide bonds. The Kier molecular flexibility index (Phi) is 7.70. The van der Waals surface area contributed by atoms with Gasteiger partial charge in [-0.15, -0.1) is 0 Å². The van der Waals surface area contributed by atoms with Crippen molar-refractivity contribution in [2.75, 3.05) is 13.1 Å². The highest BCUT2D eigenvalue weighted by atomic mass is 19.4. The number of piperidine rings is 1. The number of hydrogen-bond acceptors (Lipinski definition) is 5. The summed E-state index contributed by atoms with van der Waals surface area (Å²) >= 11 is 0. The SMILES string of the molecule is Cc1c(CCC(=O)N2CCC3(O)CCCCC3C2)c(=O)oc2c(C)c(OCc3cccc(C(F)(F)F)c3)ccc12. The second-order valence-electron chi connectivity index (χ2n) is 11.2. The number of alkyl halides is 3. The Morgan fingerprint density at radius 2 is 1.95 bits per heavy atom. The van der Waals surface area contributed by atoms with E-state index in [1.165, 1.54) is 6.07 Å². The minimum absolute atomic E-state index is 0.0268. The standard InChI is InChI=1S/C31H34F3NO5/c1-19-24-9-11-26(39-18-21-6-5-8-22(16-21)31(32,33)34)20(2)28(24)40-29(37)25(19)10-12-27(36)35-15-14-30(38)13-4-3-7-23(30)17-35/h5-6,8-9,11,16,23,38H,3-4,7,10,12-15,17-18H2,1-2H3. The van der Waals surface area contributed by atoms with Crippen LogP contribution in [0, 0.1) is 19.8 Å². The number of aryl methyl sites for hydroxylation is 2. The van der Waals surface area contributed by atoms with Gasteiger partial charge in [-0.3, -0.25) is 4.79 Å². The molecule has 6 nitrogen and oxygen atoms in total. The smallest absolute Gasteiger partial charge is 0.416 e. The maximum Gasteiger partial charge on any atom is 0.416 e. The summed E-state index contributed by atoms with van der Waals surface area (Å²) in [5, 5.41) is 11.6. The molecule has 1 N–H and O–H groups in total. The fourth-order valence-electron chi connectivity index (χ4n) is 6.20. The van der Waals surface area contributed by atoms with E-state index in [0.29, 0.717) is 47.5 Å². The molecule has 2 aromatic carbocycles. The predicted molar refractivity (Wildman–Crippen MR) is 144 cm³/mol. The van der Waals surface area contributed by atoms with Gasteiger partial charge in [0.1, 0.15) is 17.9 Å². The zero-order valence-corrected chi connectivity index (χ0v) is 22.8. The highest BCUT2D eigenvalue weighted by molar-refractivity contribution is 5.86. The zero-order chi connectivity index (χ0) is 28.7. The first-order valence-electron chi connectivity index (χ1n) is 13.8. The van der Waals surface area contributed by atoms with Crippen LogP contribution in [0.25, 0.3) is 11.0 Å². The van der Waals surface area contributed by atoms with Crippen LogP contribution < -0.4 is 10.4 Å². The molecular formula is C31H34F3NO5. The third-order valence-electron chi connectivity index (χ3n) is 8.67. The van der Waals surface area contributed by atoms with Gasteiger partial charge in [-0.25, -0.2) is 4.79 Å². The van der Waals surface area contributed by atoms with E-state index in [1.54, 1.807) is 25.1 Å². The van der Waals surface area contributed by atoms with Gasteiger partial charge in [0, 0.05) is 41.9 Å². The van der Waals surface area contributed by atoms with Gasteiger partial charge in [0.05, 0.1) is 11.2 Å². The summed E-state index contributed by atoms with van der Waals surface area (Å²) in [4.78, 5) is 27.8. The molecule has 1 saturated carbocycles. The summed E-state index contributed by atoms with van der Waals surface area (Å²) in [6, 6.07) is 8.44. The lowest BCUT2D eigenvalue weighted by molar-refractivity contribution is -0.143. The molecule has 1 aliphatic carbocycles. The second-order valence-corrected chi connectivity index (χ2v) is 11.2. The monoisotopic (exact) mass is 557 g/mol. The van der Waals surface area contributed by atoms with Gasteiger partial charge in [0.2, 0.25) is 5.91 Å². The van der Waals surface area contributed by atoms with Crippen molar-refractivity contribution < 1.29 is 32.2 Å². The molecule has 0 radical (unpaired) electrons. The van der Waals surface area contributed by atoms with Crippen molar-refractivity contribution >= 4 is 16.9 Å². The highest BCUT2D eigenvalue weighted by Gasteiger charge is 2.43. The number of ether oxygens (including phenoxy) is 1. The Morgan fingerprint density at radius 1 is 1.15 bits per heavy atom. The van der Waals surface area contributed by atoms with Gasteiger partial charge in [0.15, 0.2) is 0 Å². The molecule has 2 heterocycles. The van der Waals surface area contributed by atoms with Crippen molar-refractivity contribution in [3.8, 4) is 5.75 Å². The summed E-state index contributed by atoms with van der Waals surface area (Å²) in [5.41, 5.74) is 0.555. The maximum absolute atomic E-state index is 13.0. The van der Waals surface area contributed by atoms with Crippen LogP contribution in [-0.2, 0) is 24.0 Å². The van der Waals surface area contributed by atoms with Crippen LogP contribution >= 0.6 is 0 Å². The normalized spacial score (nSPS) is 21.4. The van der Waals surface area contributed by atoms with Crippen LogP contribution in [0.15, 0.2) is 45.6 Å². The topological polar surface area (TPSA) is 80.0 Å². The van der Waals surface area contributed by atoms with E-state index < -0.39 is 23.0 Å². The predicted octanol–water partition coefficient (Wildman–Crippen LogP) is 6.09. The molecule has 2 aliphatic rings. The molecule has 1 aliphatic heterocycles. The first kappa shape index (κ1) is 28.2. The molecule has 1 saturated heterocycles. The van der Waals surface area contributed by atoms with E-state index in [4.69, 9.17) is 9.15 Å². The largest absolute Gasteiger partial charge is 0.488 e. The number of amides is 1. The van der Waals surface area contributed by atoms with Gasteiger partial charge in [-0.1, -0.05) is 25.0 Å². The van der Waals surface area contributed by atoms with E-state index in [0.717, 1.165) is 48.8 Å². The lowest BCUT2D eigenvalue weighted by atomic mass is 9.71. The number of fused-ring (bicyclic) bond motifs is 2. The van der Waals surface area contributed by atoms with Gasteiger partial charge in [-0.2, -0.15) is 13.2 Å². The van der Waals surface area contributed by atoms with E-state index in [-0.39, 0.29) is 31.3 Å². The molecule has 2 fully saturated rings. The number of carbonyl (C=O) groups is 1. The maximum atomic E-state index is 13.0. The van der Waals surface area contributed by atoms with Crippen LogP contribution in [-0.4, -0.2) is 34.6 Å². The molecule has 2 atom stereocenters. The van der Waals surface area contributed by atoms with Gasteiger partial charge < -0.3 is 19.2 Å². The number of halogens is 3. The highest BCUT2D eigenvalue weighted by Crippen LogP contribution is 2.40. The Labute approximate surface area is 230 Å². The summed E-state index contributed by atoms with van der Waals surface area (Å²) < 4.78 is 50.6. The third kappa shape index (κ3) is 5.61. The van der Waals surface area contributed by atoms with Crippen LogP contribution in [0.5, 0.6) is 5.75 Å². The van der Waals surface area contributed by atoms with Crippen molar-refractivity contribution in [3.63, 3.8) is 0 Å². The first-order valence-corrected chi connectivity index (χ1v) is 13.8. The lowest BCUT2D eigenvalue weighted by Gasteiger charge is -2.47. The third-order valence-corrected chi connectivity index (χ3v) is 8.67. The van der Waals surface area contributed by atoms with Crippen molar-refractivity contribution in [2.24, 2.45) is 5.92 Å². The van der Waals surface area contributed by atoms with E-state index >= 15 is 0 Å². The fraction of sp³-hybridized carbons (Fsp3) is 0.484. The lowest BCUT2D eigenvalue weighted by Crippen LogP contribution is -2.54. The molecule has 40 heavy (non-hydrogen) atoms. The number of carbonyl (C=O) groups excluding carboxylic acids is 1. The van der Waals surface area contributed by atoms with Gasteiger partial charge in [0.25, 0.3) is 0 Å². The summed E-state index contributed by atoms with van der Waals surface area (Å²) in [5.74, 6) is 0.489. The fourth-order valence-corrected chi connectivity index (χ4v) is 6.20. The Bertz CT molecular complexity index is 1480. The number of nitrogens with zero attached hydrogens (tertiary/aromatic N) is 1. The van der Waals surface area contributed by atoms with Crippen molar-refractivity contribution in [2.45, 2.75) is 77.2 Å². The number of benzene rings is 2. The minimum atomic E-state index is -4.44. The number of rotatable bonds is 6. The zero-order valence-electron chi connectivity index (χ0n) is 22.8. The average Bonchev–Trinajstić information content (AvgIpc) is 2.92. The van der Waals surface area contributed by atoms with E-state index in [9.17, 15) is 27.9 Å². The van der Waals surface area contributed by atoms with Gasteiger partial charge in [-0.05, 0) is 74.9 Å². The molecule has 3 aromatic rings. The van der Waals surface area contributed by atoms with Crippen molar-refractivity contribution in [3.05, 3.63) is 74.6 Å². The summed E-state index contributed by atoms with van der Waals surface area (Å²) in [6.45, 7) is 4.57. The van der Waals surface area contributed by atoms with Crippen LogP contribution in [0.1, 0.15) is 66.3 Å². The second kappa shape index (κ2) is 10.9. The molecular weight excluding hydrogens is 523 g/mol. The van der Waals surface area contributed by atoms with Crippen molar-refractivity contribution in [1.82, 2.24) is 4.90 Å². The molecule has 0 spiro atoms. The van der Waals surface area contributed by atoms with Gasteiger partial charge >= 0.3 is 11.8 Å². The molecule has 2 unspecified atom stereocenters. The summed E-state index contributed by atoms with van der Waals surface area (Å²) in [6.07, 6.45) is 0.420. The van der Waals surface area contributed by atoms with Crippen LogP contribution in [0.4, 0.5) is 13.2 Å². The molecule has 0 bridgehead atoms. The molecule has 9 heteroatoms. The van der Waals surface area contributed by atoms with Crippen molar-refractivity contribution in [1.29, 1.82) is 0 Å². The number of aliphatic hydroxyl groups is 1. The minimum Gasteiger partial charge on any atom is -0.488 e. The Hall–Kier alpha value is -3.33. The first-order chi connectivity index (χ1) is 19.0. The number of hydrogen-bond donors (Lipinski definition) is 1. The van der Waals surface area contributed by atoms with Crippen LogP contribution in [0.3, 0.4) is 0 Å². The molecule has 214 valence electrons. The molecule has 5 rings (SSSR count). The molecule has 1 aromatic heterocycles. The van der Waals surface area contributed by atoms with E-state index in [1.807, 2.05) is 11.8 Å². The Morgan fingerprint density at radius 3 is 2.73 bits per heavy atom. The Balaban J connectivity index is 1.28. The van der Waals surface area contributed by atoms with Crippen LogP contribution in [0.2, 0.25) is 0 Å². The summed E-state index contributed by atoms with van der Waals surface area (Å²) in [7, 11) is 0. The average molecular weight is 558 g/mol. The number of likely N-dealkylation sites (tertiary alicyclic amines) is 1. The van der Waals surface area contributed by atoms with E-state index in [2.05, 4.69) is 0 Å².